The molecule has 0 spiro atoms. The van der Waals surface area contributed by atoms with E-state index in [0.717, 1.165) is 0 Å². The molecule has 0 aliphatic carbocycles. The van der Waals surface area contributed by atoms with Crippen LogP contribution in [-0.4, -0.2) is 34.4 Å². The van der Waals surface area contributed by atoms with Crippen molar-refractivity contribution < 1.29 is 16.8 Å². The van der Waals surface area contributed by atoms with E-state index < -0.39 is 25.9 Å². The molecule has 1 atom stereocenters. The molecule has 1 aliphatic rings. The molecule has 106 valence electrons. The topological polar surface area (TPSA) is 106 Å². The zero-order valence-electron chi connectivity index (χ0n) is 9.84. The van der Waals surface area contributed by atoms with Crippen LogP contribution in [0.4, 0.5) is 5.69 Å². The van der Waals surface area contributed by atoms with E-state index in [1.165, 1.54) is 18.2 Å². The SMILES string of the molecule is Nc1ccc(Cl)c(S(=O)(=O)NC2CCS(=O)(=O)C2)c1. The van der Waals surface area contributed by atoms with Crippen LogP contribution in [0.25, 0.3) is 0 Å². The minimum absolute atomic E-state index is 0.00908. The Morgan fingerprint density at radius 2 is 2.05 bits per heavy atom. The number of hydrogen-bond donors (Lipinski definition) is 2. The van der Waals surface area contributed by atoms with Crippen molar-refractivity contribution in [1.29, 1.82) is 0 Å². The molecule has 1 aliphatic heterocycles. The van der Waals surface area contributed by atoms with Crippen LogP contribution in [-0.2, 0) is 19.9 Å². The van der Waals surface area contributed by atoms with Gasteiger partial charge in [-0.15, -0.1) is 0 Å². The number of rotatable bonds is 3. The largest absolute Gasteiger partial charge is 0.399 e. The van der Waals surface area contributed by atoms with Crippen molar-refractivity contribution in [1.82, 2.24) is 4.72 Å². The first-order chi connectivity index (χ1) is 8.70. The summed E-state index contributed by atoms with van der Waals surface area (Å²) in [4.78, 5) is -0.140. The van der Waals surface area contributed by atoms with Crippen molar-refractivity contribution in [3.05, 3.63) is 23.2 Å². The maximum Gasteiger partial charge on any atom is 0.242 e. The third kappa shape index (κ3) is 3.38. The monoisotopic (exact) mass is 324 g/mol. The first-order valence-electron chi connectivity index (χ1n) is 5.47. The molecule has 19 heavy (non-hydrogen) atoms. The van der Waals surface area contributed by atoms with Crippen molar-refractivity contribution >= 4 is 37.1 Å². The Balaban J connectivity index is 2.26. The lowest BCUT2D eigenvalue weighted by atomic mass is 10.3. The van der Waals surface area contributed by atoms with Crippen molar-refractivity contribution in [3.63, 3.8) is 0 Å². The molecule has 1 aromatic rings. The van der Waals surface area contributed by atoms with Gasteiger partial charge in [0.1, 0.15) is 4.90 Å². The molecule has 0 aromatic heterocycles. The van der Waals surface area contributed by atoms with Gasteiger partial charge in [0.05, 0.1) is 16.5 Å². The standard InChI is InChI=1S/C10H13ClN2O4S2/c11-9-2-1-7(12)5-10(9)19(16,17)13-8-3-4-18(14,15)6-8/h1-2,5,8,13H,3-4,6,12H2. The second kappa shape index (κ2) is 4.93. The predicted molar refractivity (Wildman–Crippen MR) is 73.2 cm³/mol. The number of sulfone groups is 1. The van der Waals surface area contributed by atoms with Crippen LogP contribution in [0.3, 0.4) is 0 Å². The van der Waals surface area contributed by atoms with E-state index in [1.54, 1.807) is 0 Å². The molecule has 1 unspecified atom stereocenters. The number of nitrogens with one attached hydrogen (secondary N) is 1. The van der Waals surface area contributed by atoms with Gasteiger partial charge >= 0.3 is 0 Å². The number of nitrogens with two attached hydrogens (primary N) is 1. The van der Waals surface area contributed by atoms with Gasteiger partial charge in [-0.25, -0.2) is 21.6 Å². The van der Waals surface area contributed by atoms with Crippen LogP contribution in [0.1, 0.15) is 6.42 Å². The lowest BCUT2D eigenvalue weighted by Gasteiger charge is -2.13. The molecular weight excluding hydrogens is 312 g/mol. The van der Waals surface area contributed by atoms with Crippen LogP contribution in [0.15, 0.2) is 23.1 Å². The van der Waals surface area contributed by atoms with Gasteiger partial charge in [-0.3, -0.25) is 0 Å². The number of benzene rings is 1. The summed E-state index contributed by atoms with van der Waals surface area (Å²) in [6.45, 7) is 0. The van der Waals surface area contributed by atoms with Crippen LogP contribution in [0.2, 0.25) is 5.02 Å². The van der Waals surface area contributed by atoms with E-state index in [4.69, 9.17) is 17.3 Å². The van der Waals surface area contributed by atoms with Gasteiger partial charge in [-0.05, 0) is 24.6 Å². The average molecular weight is 325 g/mol. The highest BCUT2D eigenvalue weighted by molar-refractivity contribution is 7.92. The number of halogens is 1. The highest BCUT2D eigenvalue weighted by Crippen LogP contribution is 2.24. The average Bonchev–Trinajstić information content (AvgIpc) is 2.60. The van der Waals surface area contributed by atoms with E-state index in [9.17, 15) is 16.8 Å². The Hall–Kier alpha value is -0.830. The summed E-state index contributed by atoms with van der Waals surface area (Å²) in [6.07, 6.45) is 0.265. The summed E-state index contributed by atoms with van der Waals surface area (Å²) in [5, 5.41) is 0.0440. The van der Waals surface area contributed by atoms with Gasteiger partial charge in [-0.1, -0.05) is 11.6 Å². The van der Waals surface area contributed by atoms with E-state index >= 15 is 0 Å². The maximum absolute atomic E-state index is 12.1. The molecular formula is C10H13ClN2O4S2. The maximum atomic E-state index is 12.1. The molecule has 0 amide bonds. The summed E-state index contributed by atoms with van der Waals surface area (Å²) < 4.78 is 49.2. The number of hydrogen-bond acceptors (Lipinski definition) is 5. The Morgan fingerprint density at radius 3 is 2.63 bits per heavy atom. The summed E-state index contributed by atoms with van der Waals surface area (Å²) in [5.41, 5.74) is 5.80. The van der Waals surface area contributed by atoms with Gasteiger partial charge in [0.25, 0.3) is 0 Å². The summed E-state index contributed by atoms with van der Waals surface area (Å²) in [5.74, 6) is -0.197. The lowest BCUT2D eigenvalue weighted by molar-refractivity contribution is 0.562. The quantitative estimate of drug-likeness (QED) is 0.782. The Bertz CT molecular complexity index is 700. The normalized spacial score (nSPS) is 22.5. The fraction of sp³-hybridized carbons (Fsp3) is 0.400. The minimum Gasteiger partial charge on any atom is -0.399 e. The third-order valence-corrected chi connectivity index (χ3v) is 6.57. The molecule has 0 radical (unpaired) electrons. The second-order valence-corrected chi connectivity index (χ2v) is 8.73. The van der Waals surface area contributed by atoms with E-state index in [-0.39, 0.29) is 33.5 Å². The van der Waals surface area contributed by atoms with Gasteiger partial charge in [-0.2, -0.15) is 0 Å². The van der Waals surface area contributed by atoms with Gasteiger partial charge in [0, 0.05) is 11.7 Å². The number of sulfonamides is 1. The fourth-order valence-electron chi connectivity index (χ4n) is 1.90. The van der Waals surface area contributed by atoms with Crippen LogP contribution >= 0.6 is 11.6 Å². The highest BCUT2D eigenvalue weighted by atomic mass is 35.5. The van der Waals surface area contributed by atoms with E-state index in [0.29, 0.717) is 0 Å². The van der Waals surface area contributed by atoms with Gasteiger partial charge < -0.3 is 5.73 Å². The summed E-state index contributed by atoms with van der Waals surface area (Å²) in [6, 6.07) is 3.50. The van der Waals surface area contributed by atoms with Crippen LogP contribution < -0.4 is 10.5 Å². The number of nitrogen functional groups attached to an aromatic ring is 1. The predicted octanol–water partition coefficient (Wildman–Crippen LogP) is 0.388. The fourth-order valence-corrected chi connectivity index (χ4v) is 5.48. The molecule has 9 heteroatoms. The van der Waals surface area contributed by atoms with Crippen LogP contribution in [0, 0.1) is 0 Å². The Labute approximate surface area is 116 Å². The zero-order chi connectivity index (χ0) is 14.3. The van der Waals surface area contributed by atoms with E-state index in [1.807, 2.05) is 0 Å². The molecule has 6 nitrogen and oxygen atoms in total. The first kappa shape index (κ1) is 14.6. The number of anilines is 1. The van der Waals surface area contributed by atoms with Crippen LogP contribution in [0.5, 0.6) is 0 Å². The minimum atomic E-state index is -3.87. The summed E-state index contributed by atoms with van der Waals surface area (Å²) in [7, 11) is -7.03. The Morgan fingerprint density at radius 1 is 1.37 bits per heavy atom. The molecule has 0 bridgehead atoms. The van der Waals surface area contributed by atoms with Crippen molar-refractivity contribution in [2.24, 2.45) is 0 Å². The van der Waals surface area contributed by atoms with E-state index in [2.05, 4.69) is 4.72 Å². The van der Waals surface area contributed by atoms with Crippen molar-refractivity contribution in [3.8, 4) is 0 Å². The smallest absolute Gasteiger partial charge is 0.242 e. The molecule has 1 heterocycles. The molecule has 1 fully saturated rings. The first-order valence-corrected chi connectivity index (χ1v) is 9.16. The third-order valence-electron chi connectivity index (χ3n) is 2.80. The van der Waals surface area contributed by atoms with Gasteiger partial charge in [0.2, 0.25) is 10.0 Å². The molecule has 1 saturated heterocycles. The molecule has 2 rings (SSSR count). The highest BCUT2D eigenvalue weighted by Gasteiger charge is 2.32. The van der Waals surface area contributed by atoms with Crippen molar-refractivity contribution in [2.75, 3.05) is 17.2 Å². The molecule has 1 aromatic carbocycles. The lowest BCUT2D eigenvalue weighted by Crippen LogP contribution is -2.35. The Kier molecular flexibility index (Phi) is 3.78. The second-order valence-electron chi connectivity index (χ2n) is 4.41. The summed E-state index contributed by atoms with van der Waals surface area (Å²) >= 11 is 5.83. The van der Waals surface area contributed by atoms with Crippen molar-refractivity contribution in [2.45, 2.75) is 17.4 Å². The zero-order valence-corrected chi connectivity index (χ0v) is 12.2. The molecule has 3 N–H and O–H groups in total. The van der Waals surface area contributed by atoms with Gasteiger partial charge in [0.15, 0.2) is 9.84 Å². The molecule has 0 saturated carbocycles.